The van der Waals surface area contributed by atoms with Crippen LogP contribution in [0, 0.1) is 11.8 Å². The molecule has 1 rings (SSSR count). The number of aliphatic hydroxyl groups excluding tert-OH is 3. The van der Waals surface area contributed by atoms with Crippen molar-refractivity contribution in [1.82, 2.24) is 0 Å². The number of ether oxygens (including phenoxy) is 2. The molecule has 0 amide bonds. The number of esters is 2. The minimum absolute atomic E-state index is 0.0800. The summed E-state index contributed by atoms with van der Waals surface area (Å²) in [5.41, 5.74) is 0. The van der Waals surface area contributed by atoms with E-state index < -0.39 is 50.8 Å². The number of nitrogens with zero attached hydrogens (tertiary/aromatic N) is 1. The lowest BCUT2D eigenvalue weighted by atomic mass is 9.89. The molecule has 0 aliphatic heterocycles. The number of allylic oxidation sites excluding steroid dienone is 10. The second-order valence-corrected chi connectivity index (χ2v) is 19.1. The highest BCUT2D eigenvalue weighted by Gasteiger charge is 2.39. The fraction of sp³-hybridized carbons (Fsp3) is 0.720. The quantitative estimate of drug-likeness (QED) is 0.0177. The maximum atomic E-state index is 12.7. The smallest absolute Gasteiger partial charge is 0.306 e. The molecule has 0 radical (unpaired) electrons. The molecular formula is C50H86NO11P. The second-order valence-electron chi connectivity index (χ2n) is 17.7. The number of likely N-dealkylation sites (N-methyl/N-ethyl adjacent to an activating group) is 1. The molecule has 0 heterocycles. The minimum atomic E-state index is -4.70. The Labute approximate surface area is 381 Å². The van der Waals surface area contributed by atoms with Gasteiger partial charge in [-0.15, -0.1) is 0 Å². The molecule has 0 bridgehead atoms. The second kappa shape index (κ2) is 36.5. The topological polar surface area (TPSA) is 172 Å². The Kier molecular flexibility index (Phi) is 33.8. The first-order valence-corrected chi connectivity index (χ1v) is 25.4. The molecule has 1 aliphatic rings. The molecule has 0 aromatic heterocycles. The number of rotatable bonds is 38. The Morgan fingerprint density at radius 2 is 1.29 bits per heavy atom. The molecule has 12 nitrogen and oxygen atoms in total. The predicted octanol–water partition coefficient (Wildman–Crippen LogP) is 9.55. The van der Waals surface area contributed by atoms with E-state index in [1.165, 1.54) is 25.7 Å². The van der Waals surface area contributed by atoms with E-state index in [1.54, 1.807) is 6.08 Å². The number of hydrogen-bond acceptors (Lipinski definition) is 11. The summed E-state index contributed by atoms with van der Waals surface area (Å²) >= 11 is 0. The maximum Gasteiger partial charge on any atom is 0.306 e. The molecule has 13 heteroatoms. The molecule has 362 valence electrons. The van der Waals surface area contributed by atoms with Gasteiger partial charge in [-0.25, -0.2) is 0 Å². The maximum absolute atomic E-state index is 12.7. The van der Waals surface area contributed by atoms with E-state index in [0.29, 0.717) is 43.1 Å². The van der Waals surface area contributed by atoms with Crippen molar-refractivity contribution in [2.75, 3.05) is 47.5 Å². The van der Waals surface area contributed by atoms with Crippen LogP contribution < -0.4 is 4.89 Å². The van der Waals surface area contributed by atoms with Crippen LogP contribution in [0.1, 0.15) is 149 Å². The van der Waals surface area contributed by atoms with Crippen LogP contribution in [0.5, 0.6) is 0 Å². The van der Waals surface area contributed by atoms with Crippen molar-refractivity contribution in [1.29, 1.82) is 0 Å². The van der Waals surface area contributed by atoms with Crippen LogP contribution in [0.15, 0.2) is 72.9 Å². The van der Waals surface area contributed by atoms with E-state index in [9.17, 15) is 34.4 Å². The zero-order valence-electron chi connectivity index (χ0n) is 39.6. The average molecular weight is 908 g/mol. The lowest BCUT2D eigenvalue weighted by Crippen LogP contribution is -2.37. The van der Waals surface area contributed by atoms with Crippen molar-refractivity contribution >= 4 is 19.8 Å². The molecule has 1 saturated carbocycles. The Morgan fingerprint density at radius 3 is 1.92 bits per heavy atom. The van der Waals surface area contributed by atoms with Crippen molar-refractivity contribution in [3.05, 3.63) is 72.9 Å². The molecule has 0 saturated heterocycles. The molecule has 0 spiro atoms. The van der Waals surface area contributed by atoms with Crippen molar-refractivity contribution in [3.63, 3.8) is 0 Å². The van der Waals surface area contributed by atoms with Crippen LogP contribution in [0.4, 0.5) is 0 Å². The van der Waals surface area contributed by atoms with Gasteiger partial charge in [0.15, 0.2) is 6.10 Å². The molecule has 1 aliphatic carbocycles. The van der Waals surface area contributed by atoms with Crippen LogP contribution in [0.3, 0.4) is 0 Å². The first-order valence-electron chi connectivity index (χ1n) is 23.9. The lowest BCUT2D eigenvalue weighted by molar-refractivity contribution is -0.870. The fourth-order valence-corrected chi connectivity index (χ4v) is 7.65. The van der Waals surface area contributed by atoms with E-state index in [0.717, 1.165) is 57.8 Å². The molecular weight excluding hydrogens is 822 g/mol. The van der Waals surface area contributed by atoms with Crippen LogP contribution in [-0.2, 0) is 32.7 Å². The molecule has 7 atom stereocenters. The van der Waals surface area contributed by atoms with Gasteiger partial charge in [-0.1, -0.05) is 125 Å². The zero-order chi connectivity index (χ0) is 46.6. The van der Waals surface area contributed by atoms with Crippen LogP contribution in [0.25, 0.3) is 0 Å². The Hall–Kier alpha value is -2.67. The summed E-state index contributed by atoms with van der Waals surface area (Å²) in [6, 6.07) is 0. The molecule has 1 unspecified atom stereocenters. The first-order chi connectivity index (χ1) is 30.2. The molecule has 0 aromatic rings. The zero-order valence-corrected chi connectivity index (χ0v) is 40.5. The molecule has 0 aromatic carbocycles. The number of carbonyl (C=O) groups is 2. The molecule has 3 N–H and O–H groups in total. The van der Waals surface area contributed by atoms with Gasteiger partial charge in [-0.05, 0) is 83.0 Å². The largest absolute Gasteiger partial charge is 0.756 e. The van der Waals surface area contributed by atoms with Gasteiger partial charge in [-0.2, -0.15) is 0 Å². The van der Waals surface area contributed by atoms with E-state index in [1.807, 2.05) is 39.4 Å². The number of hydrogen-bond donors (Lipinski definition) is 3. The number of carbonyl (C=O) groups excluding carboxylic acids is 2. The molecule has 1 fully saturated rings. The number of quaternary nitrogens is 1. The van der Waals surface area contributed by atoms with Gasteiger partial charge in [0, 0.05) is 25.2 Å². The monoisotopic (exact) mass is 908 g/mol. The number of unbranched alkanes of at least 4 members (excludes halogenated alkanes) is 9. The van der Waals surface area contributed by atoms with Crippen molar-refractivity contribution < 1.29 is 57.4 Å². The van der Waals surface area contributed by atoms with Crippen molar-refractivity contribution in [2.45, 2.75) is 173 Å². The van der Waals surface area contributed by atoms with Crippen LogP contribution in [-0.4, -0.2) is 104 Å². The van der Waals surface area contributed by atoms with Gasteiger partial charge < -0.3 is 43.2 Å². The normalized spacial score (nSPS) is 20.6. The van der Waals surface area contributed by atoms with Gasteiger partial charge in [0.25, 0.3) is 7.82 Å². The molecule has 63 heavy (non-hydrogen) atoms. The minimum Gasteiger partial charge on any atom is -0.756 e. The summed E-state index contributed by atoms with van der Waals surface area (Å²) < 4.78 is 33.9. The predicted molar refractivity (Wildman–Crippen MR) is 251 cm³/mol. The Morgan fingerprint density at radius 1 is 0.714 bits per heavy atom. The van der Waals surface area contributed by atoms with Crippen molar-refractivity contribution in [3.8, 4) is 0 Å². The summed E-state index contributed by atoms with van der Waals surface area (Å²) in [7, 11) is 0.999. The average Bonchev–Trinajstić information content (AvgIpc) is 3.50. The summed E-state index contributed by atoms with van der Waals surface area (Å²) in [4.78, 5) is 37.8. The SMILES string of the molecule is CCCCC/C=C\C/C=C\C/C=C\C/C=C\CCCCCC(=O)O[C@H](COC(=O)CCC/C=C/C[C@@H]1[C@@H](/C=C/[C@@H](O)CCCCC)[C@H](O)C[C@@H]1O)COP(=O)([O-])OCC[N+](C)(C)C. The van der Waals surface area contributed by atoms with Crippen LogP contribution in [0.2, 0.25) is 0 Å². The highest BCUT2D eigenvalue weighted by atomic mass is 31.2. The number of phosphoric acid groups is 1. The standard InChI is InChI=1S/C50H86NO11P/c1-6-8-10-11-12-13-14-15-16-17-18-19-20-21-22-23-24-25-31-35-50(56)62-44(42-61-63(57,58)60-39-38-51(3,4)5)41-59-49(55)34-30-27-26-29-33-45-46(48(54)40-47(45)53)37-36-43(52)32-28-9-7-2/h12-13,15-16,18-19,21-22,26,29,36-37,43-48,52-54H,6-11,14,17,20,23-25,27-28,30-35,38-42H2,1-5H3/b13-12-,16-15-,19-18-,22-21-,29-26+,37-36+/t43-,44+,45+,46+,47-,48+/m0/s1. The van der Waals surface area contributed by atoms with Gasteiger partial charge in [0.2, 0.25) is 0 Å². The highest BCUT2D eigenvalue weighted by Crippen LogP contribution is 2.38. The first kappa shape index (κ1) is 58.3. The summed E-state index contributed by atoms with van der Waals surface area (Å²) in [6.07, 6.45) is 38.8. The third-order valence-electron chi connectivity index (χ3n) is 10.8. The third-order valence-corrected chi connectivity index (χ3v) is 11.7. The highest BCUT2D eigenvalue weighted by molar-refractivity contribution is 7.45. The van der Waals surface area contributed by atoms with E-state index in [4.69, 9.17) is 18.5 Å². The Bertz CT molecular complexity index is 1420. The van der Waals surface area contributed by atoms with Gasteiger partial charge >= 0.3 is 11.9 Å². The van der Waals surface area contributed by atoms with Crippen molar-refractivity contribution in [2.24, 2.45) is 11.8 Å². The van der Waals surface area contributed by atoms with Gasteiger partial charge in [0.1, 0.15) is 19.8 Å². The third kappa shape index (κ3) is 33.5. The summed E-state index contributed by atoms with van der Waals surface area (Å²) in [6.45, 7) is 3.77. The number of phosphoric ester groups is 1. The Balaban J connectivity index is 2.50. The summed E-state index contributed by atoms with van der Waals surface area (Å²) in [5, 5.41) is 31.4. The number of aliphatic hydroxyl groups is 3. The lowest BCUT2D eigenvalue weighted by Gasteiger charge is -2.28. The van der Waals surface area contributed by atoms with E-state index >= 15 is 0 Å². The van der Waals surface area contributed by atoms with Gasteiger partial charge in [0.05, 0.1) is 46.1 Å². The fourth-order valence-electron chi connectivity index (χ4n) is 6.92. The van der Waals surface area contributed by atoms with E-state index in [-0.39, 0.29) is 44.3 Å². The van der Waals surface area contributed by atoms with Crippen LogP contribution >= 0.6 is 7.82 Å². The van der Waals surface area contributed by atoms with E-state index in [2.05, 4.69) is 62.5 Å². The summed E-state index contributed by atoms with van der Waals surface area (Å²) in [5.74, 6) is -1.49. The van der Waals surface area contributed by atoms with Gasteiger partial charge in [-0.3, -0.25) is 14.2 Å².